The number of benzene rings is 1. The van der Waals surface area contributed by atoms with Crippen LogP contribution in [0.15, 0.2) is 18.2 Å². The highest BCUT2D eigenvalue weighted by Crippen LogP contribution is 2.31. The molecular formula is C18H27FN2. The maximum atomic E-state index is 13.2. The first-order valence-corrected chi connectivity index (χ1v) is 8.50. The molecule has 1 fully saturated rings. The summed E-state index contributed by atoms with van der Waals surface area (Å²) in [6.07, 6.45) is 7.43. The molecule has 1 aromatic rings. The number of rotatable bonds is 5. The lowest BCUT2D eigenvalue weighted by molar-refractivity contribution is 0.158. The summed E-state index contributed by atoms with van der Waals surface area (Å²) in [6.45, 7) is 5.89. The van der Waals surface area contributed by atoms with Crippen LogP contribution in [0.25, 0.3) is 0 Å². The molecule has 1 heterocycles. The molecular weight excluding hydrogens is 263 g/mol. The number of halogens is 1. The van der Waals surface area contributed by atoms with Crippen LogP contribution < -0.4 is 5.32 Å². The zero-order valence-corrected chi connectivity index (χ0v) is 13.1. The van der Waals surface area contributed by atoms with E-state index < -0.39 is 0 Å². The monoisotopic (exact) mass is 290 g/mol. The molecule has 0 saturated carbocycles. The average molecular weight is 290 g/mol. The van der Waals surface area contributed by atoms with E-state index in [0.717, 1.165) is 25.4 Å². The van der Waals surface area contributed by atoms with Gasteiger partial charge in [0.2, 0.25) is 0 Å². The van der Waals surface area contributed by atoms with Crippen molar-refractivity contribution < 1.29 is 4.39 Å². The second kappa shape index (κ2) is 6.89. The number of piperidine rings is 1. The molecule has 1 N–H and O–H groups in total. The first-order valence-electron chi connectivity index (χ1n) is 8.50. The summed E-state index contributed by atoms with van der Waals surface area (Å²) in [5, 5.41) is 3.66. The number of fused-ring (bicyclic) bond motifs is 1. The minimum absolute atomic E-state index is 0.103. The number of aryl methyl sites for hydroxylation is 1. The number of nitrogens with one attached hydrogen (secondary N) is 1. The first kappa shape index (κ1) is 15.0. The zero-order valence-electron chi connectivity index (χ0n) is 13.1. The number of likely N-dealkylation sites (tertiary alicyclic amines) is 1. The molecule has 2 unspecified atom stereocenters. The predicted octanol–water partition coefficient (Wildman–Crippen LogP) is 3.67. The Kier molecular flexibility index (Phi) is 4.91. The van der Waals surface area contributed by atoms with Gasteiger partial charge in [-0.3, -0.25) is 0 Å². The van der Waals surface area contributed by atoms with E-state index in [1.807, 2.05) is 6.07 Å². The molecule has 0 bridgehead atoms. The molecule has 0 amide bonds. The van der Waals surface area contributed by atoms with Crippen LogP contribution >= 0.6 is 0 Å². The molecule has 2 nitrogen and oxygen atoms in total. The highest BCUT2D eigenvalue weighted by atomic mass is 19.1. The molecule has 0 radical (unpaired) electrons. The fraction of sp³-hybridized carbons (Fsp3) is 0.667. The van der Waals surface area contributed by atoms with Crippen molar-refractivity contribution in [2.75, 3.05) is 19.6 Å². The summed E-state index contributed by atoms with van der Waals surface area (Å²) in [5.74, 6) is -0.103. The van der Waals surface area contributed by atoms with Gasteiger partial charge in [-0.25, -0.2) is 4.39 Å². The van der Waals surface area contributed by atoms with Gasteiger partial charge < -0.3 is 10.2 Å². The van der Waals surface area contributed by atoms with Crippen molar-refractivity contribution in [1.29, 1.82) is 0 Å². The Morgan fingerprint density at radius 1 is 1.29 bits per heavy atom. The Labute approximate surface area is 127 Å². The van der Waals surface area contributed by atoms with E-state index >= 15 is 0 Å². The largest absolute Gasteiger partial charge is 0.310 e. The van der Waals surface area contributed by atoms with Crippen LogP contribution in [0.3, 0.4) is 0 Å². The lowest BCUT2D eigenvalue weighted by Gasteiger charge is -2.33. The van der Waals surface area contributed by atoms with Crippen LogP contribution in [0, 0.1) is 5.82 Å². The molecule has 21 heavy (non-hydrogen) atoms. The zero-order chi connectivity index (χ0) is 14.7. The van der Waals surface area contributed by atoms with Crippen LogP contribution in [-0.2, 0) is 6.42 Å². The van der Waals surface area contributed by atoms with E-state index in [1.165, 1.54) is 49.9 Å². The molecule has 116 valence electrons. The maximum absolute atomic E-state index is 13.2. The Morgan fingerprint density at radius 3 is 3.05 bits per heavy atom. The van der Waals surface area contributed by atoms with Crippen molar-refractivity contribution in [3.05, 3.63) is 35.1 Å². The first-order chi connectivity index (χ1) is 10.2. The summed E-state index contributed by atoms with van der Waals surface area (Å²) >= 11 is 0. The molecule has 3 rings (SSSR count). The van der Waals surface area contributed by atoms with Gasteiger partial charge in [-0.2, -0.15) is 0 Å². The third-order valence-electron chi connectivity index (χ3n) is 5.14. The summed E-state index contributed by atoms with van der Waals surface area (Å²) in [5.41, 5.74) is 2.50. The van der Waals surface area contributed by atoms with Gasteiger partial charge in [-0.15, -0.1) is 0 Å². The molecule has 2 atom stereocenters. The lowest BCUT2D eigenvalue weighted by atomic mass is 10.0. The molecule has 0 aromatic heterocycles. The molecule has 1 aliphatic carbocycles. The smallest absolute Gasteiger partial charge is 0.123 e. The van der Waals surface area contributed by atoms with E-state index in [4.69, 9.17) is 0 Å². The minimum Gasteiger partial charge on any atom is -0.310 e. The van der Waals surface area contributed by atoms with E-state index in [0.29, 0.717) is 6.04 Å². The Balaban J connectivity index is 1.43. The van der Waals surface area contributed by atoms with Crippen molar-refractivity contribution in [3.63, 3.8) is 0 Å². The van der Waals surface area contributed by atoms with E-state index in [-0.39, 0.29) is 5.82 Å². The summed E-state index contributed by atoms with van der Waals surface area (Å²) < 4.78 is 13.2. The van der Waals surface area contributed by atoms with Gasteiger partial charge in [-0.05, 0) is 81.9 Å². The fourth-order valence-corrected chi connectivity index (χ4v) is 3.85. The van der Waals surface area contributed by atoms with Gasteiger partial charge in [0, 0.05) is 12.1 Å². The predicted molar refractivity (Wildman–Crippen MR) is 85.0 cm³/mol. The summed E-state index contributed by atoms with van der Waals surface area (Å²) in [4.78, 5) is 2.63. The van der Waals surface area contributed by atoms with Gasteiger partial charge >= 0.3 is 0 Å². The Hall–Kier alpha value is -0.930. The molecule has 2 aliphatic rings. The van der Waals surface area contributed by atoms with Crippen LogP contribution in [0.2, 0.25) is 0 Å². The van der Waals surface area contributed by atoms with Gasteiger partial charge in [0.15, 0.2) is 0 Å². The van der Waals surface area contributed by atoms with Crippen LogP contribution in [0.4, 0.5) is 4.39 Å². The van der Waals surface area contributed by atoms with Crippen molar-refractivity contribution in [2.45, 2.75) is 57.5 Å². The normalized spacial score (nSPS) is 26.0. The Morgan fingerprint density at radius 2 is 2.19 bits per heavy atom. The van der Waals surface area contributed by atoms with Crippen LogP contribution in [-0.4, -0.2) is 30.6 Å². The second-order valence-corrected chi connectivity index (χ2v) is 6.62. The fourth-order valence-electron chi connectivity index (χ4n) is 3.85. The maximum Gasteiger partial charge on any atom is 0.123 e. The molecule has 0 spiro atoms. The van der Waals surface area contributed by atoms with Crippen molar-refractivity contribution in [3.8, 4) is 0 Å². The van der Waals surface area contributed by atoms with Gasteiger partial charge in [-0.1, -0.05) is 12.5 Å². The highest BCUT2D eigenvalue weighted by molar-refractivity contribution is 5.34. The SMILES string of the molecule is CC1CCCCN1CCCNC1CCc2cc(F)ccc21. The molecule has 3 heteroatoms. The number of nitrogens with zero attached hydrogens (tertiary/aromatic N) is 1. The van der Waals surface area contributed by atoms with E-state index in [1.54, 1.807) is 12.1 Å². The summed E-state index contributed by atoms with van der Waals surface area (Å²) in [6, 6.07) is 6.44. The standard InChI is InChI=1S/C18H27FN2/c1-14-5-2-3-11-21(14)12-4-10-20-18-9-6-15-13-16(19)7-8-17(15)18/h7-8,13-14,18,20H,2-6,9-12H2,1H3. The summed E-state index contributed by atoms with van der Waals surface area (Å²) in [7, 11) is 0. The van der Waals surface area contributed by atoms with Crippen molar-refractivity contribution in [2.24, 2.45) is 0 Å². The lowest BCUT2D eigenvalue weighted by Crippen LogP contribution is -2.39. The quantitative estimate of drug-likeness (QED) is 0.832. The average Bonchev–Trinajstić information content (AvgIpc) is 2.87. The van der Waals surface area contributed by atoms with Crippen molar-refractivity contribution >= 4 is 0 Å². The highest BCUT2D eigenvalue weighted by Gasteiger charge is 2.22. The number of hydrogen-bond acceptors (Lipinski definition) is 2. The van der Waals surface area contributed by atoms with Gasteiger partial charge in [0.25, 0.3) is 0 Å². The third-order valence-corrected chi connectivity index (χ3v) is 5.14. The van der Waals surface area contributed by atoms with E-state index in [9.17, 15) is 4.39 Å². The third kappa shape index (κ3) is 3.64. The van der Waals surface area contributed by atoms with E-state index in [2.05, 4.69) is 17.1 Å². The molecule has 1 aromatic carbocycles. The van der Waals surface area contributed by atoms with Crippen molar-refractivity contribution in [1.82, 2.24) is 10.2 Å². The van der Waals surface area contributed by atoms with Gasteiger partial charge in [0.1, 0.15) is 5.82 Å². The number of hydrogen-bond donors (Lipinski definition) is 1. The molecule has 1 aliphatic heterocycles. The van der Waals surface area contributed by atoms with Crippen LogP contribution in [0.1, 0.15) is 56.2 Å². The van der Waals surface area contributed by atoms with Gasteiger partial charge in [0.05, 0.1) is 0 Å². The van der Waals surface area contributed by atoms with Crippen LogP contribution in [0.5, 0.6) is 0 Å². The topological polar surface area (TPSA) is 15.3 Å². The molecule has 1 saturated heterocycles. The minimum atomic E-state index is -0.103. The Bertz CT molecular complexity index is 474. The second-order valence-electron chi connectivity index (χ2n) is 6.62.